The van der Waals surface area contributed by atoms with E-state index in [4.69, 9.17) is 0 Å². The summed E-state index contributed by atoms with van der Waals surface area (Å²) in [5.41, 5.74) is 1.87. The number of halogens is 1. The van der Waals surface area contributed by atoms with E-state index in [0.717, 1.165) is 40.4 Å². The zero-order valence-corrected chi connectivity index (χ0v) is 13.6. The van der Waals surface area contributed by atoms with Crippen molar-refractivity contribution in [2.45, 2.75) is 26.2 Å². The van der Waals surface area contributed by atoms with E-state index in [9.17, 15) is 4.79 Å². The maximum Gasteiger partial charge on any atom is 0.224 e. The Morgan fingerprint density at radius 3 is 3.14 bits per heavy atom. The SMILES string of the molecule is Cc1nc2ccc(NC(=O)CCC3CCNC3)cc2s1.Cl. The summed E-state index contributed by atoms with van der Waals surface area (Å²) in [4.78, 5) is 16.4. The van der Waals surface area contributed by atoms with Crippen molar-refractivity contribution in [3.05, 3.63) is 23.2 Å². The number of hydrogen-bond acceptors (Lipinski definition) is 4. The van der Waals surface area contributed by atoms with Gasteiger partial charge >= 0.3 is 0 Å². The molecule has 0 aliphatic carbocycles. The van der Waals surface area contributed by atoms with Gasteiger partial charge in [-0.25, -0.2) is 4.98 Å². The van der Waals surface area contributed by atoms with Crippen molar-refractivity contribution < 1.29 is 4.79 Å². The maximum atomic E-state index is 12.0. The predicted molar refractivity (Wildman–Crippen MR) is 90.4 cm³/mol. The number of anilines is 1. The Bertz CT molecular complexity index is 622. The summed E-state index contributed by atoms with van der Waals surface area (Å²) >= 11 is 1.66. The number of hydrogen-bond donors (Lipinski definition) is 2. The highest BCUT2D eigenvalue weighted by molar-refractivity contribution is 7.18. The summed E-state index contributed by atoms with van der Waals surface area (Å²) in [5.74, 6) is 0.768. The number of thiazole rings is 1. The number of aryl methyl sites for hydroxylation is 1. The first-order chi connectivity index (χ1) is 9.70. The fourth-order valence-electron chi connectivity index (χ4n) is 2.64. The molecule has 6 heteroatoms. The lowest BCUT2D eigenvalue weighted by Crippen LogP contribution is -2.14. The Labute approximate surface area is 134 Å². The zero-order valence-electron chi connectivity index (χ0n) is 12.0. The average Bonchev–Trinajstić information content (AvgIpc) is 3.04. The number of rotatable bonds is 4. The number of fused-ring (bicyclic) bond motifs is 1. The first kappa shape index (κ1) is 16.2. The van der Waals surface area contributed by atoms with Crippen molar-refractivity contribution in [1.29, 1.82) is 0 Å². The second-order valence-corrected chi connectivity index (χ2v) is 6.60. The number of nitrogens with one attached hydrogen (secondary N) is 2. The van der Waals surface area contributed by atoms with E-state index in [-0.39, 0.29) is 18.3 Å². The smallest absolute Gasteiger partial charge is 0.224 e. The third-order valence-electron chi connectivity index (χ3n) is 3.72. The topological polar surface area (TPSA) is 54.0 Å². The molecule has 2 aromatic rings. The molecule has 1 atom stereocenters. The van der Waals surface area contributed by atoms with Crippen molar-refractivity contribution in [2.75, 3.05) is 18.4 Å². The van der Waals surface area contributed by atoms with E-state index in [0.29, 0.717) is 12.3 Å². The van der Waals surface area contributed by atoms with Crippen LogP contribution in [0.25, 0.3) is 10.2 Å². The molecule has 2 N–H and O–H groups in total. The van der Waals surface area contributed by atoms with Crippen LogP contribution in [0.4, 0.5) is 5.69 Å². The Balaban J connectivity index is 0.00000161. The van der Waals surface area contributed by atoms with Crippen molar-refractivity contribution >= 4 is 45.6 Å². The van der Waals surface area contributed by atoms with Crippen LogP contribution >= 0.6 is 23.7 Å². The van der Waals surface area contributed by atoms with Crippen molar-refractivity contribution in [2.24, 2.45) is 5.92 Å². The Morgan fingerprint density at radius 2 is 2.38 bits per heavy atom. The molecule has 2 heterocycles. The third kappa shape index (κ3) is 4.15. The summed E-state index contributed by atoms with van der Waals surface area (Å²) in [6.45, 7) is 4.14. The highest BCUT2D eigenvalue weighted by atomic mass is 35.5. The first-order valence-corrected chi connectivity index (χ1v) is 7.90. The molecule has 4 nitrogen and oxygen atoms in total. The van der Waals surface area contributed by atoms with E-state index >= 15 is 0 Å². The molecule has 0 saturated carbocycles. The van der Waals surface area contributed by atoms with E-state index in [1.165, 1.54) is 6.42 Å². The Kier molecular flexibility index (Phi) is 5.56. The summed E-state index contributed by atoms with van der Waals surface area (Å²) in [6, 6.07) is 5.90. The molecule has 21 heavy (non-hydrogen) atoms. The molecule has 114 valence electrons. The summed E-state index contributed by atoms with van der Waals surface area (Å²) in [5, 5.41) is 7.37. The molecule has 1 aromatic carbocycles. The van der Waals surface area contributed by atoms with Crippen molar-refractivity contribution in [3.8, 4) is 0 Å². The monoisotopic (exact) mass is 325 g/mol. The molecule has 0 bridgehead atoms. The maximum absolute atomic E-state index is 12.0. The van der Waals surface area contributed by atoms with Crippen LogP contribution in [0.5, 0.6) is 0 Å². The van der Waals surface area contributed by atoms with E-state index in [2.05, 4.69) is 15.6 Å². The molecule has 1 fully saturated rings. The quantitative estimate of drug-likeness (QED) is 0.906. The molecule has 1 aliphatic rings. The molecule has 1 saturated heterocycles. The number of aromatic nitrogens is 1. The van der Waals surface area contributed by atoms with E-state index in [1.807, 2.05) is 25.1 Å². The highest BCUT2D eigenvalue weighted by Crippen LogP contribution is 2.25. The minimum Gasteiger partial charge on any atom is -0.326 e. The highest BCUT2D eigenvalue weighted by Gasteiger charge is 2.15. The fourth-order valence-corrected chi connectivity index (χ4v) is 3.50. The lowest BCUT2D eigenvalue weighted by molar-refractivity contribution is -0.116. The summed E-state index contributed by atoms with van der Waals surface area (Å²) in [7, 11) is 0. The van der Waals surface area contributed by atoms with Crippen molar-refractivity contribution in [3.63, 3.8) is 0 Å². The van der Waals surface area contributed by atoms with Crippen LogP contribution in [0.3, 0.4) is 0 Å². The summed E-state index contributed by atoms with van der Waals surface area (Å²) < 4.78 is 1.13. The van der Waals surface area contributed by atoms with Crippen LogP contribution in [0.2, 0.25) is 0 Å². The molecule has 1 amide bonds. The van der Waals surface area contributed by atoms with Gasteiger partial charge in [0, 0.05) is 12.1 Å². The van der Waals surface area contributed by atoms with Gasteiger partial charge in [-0.05, 0) is 57.0 Å². The van der Waals surface area contributed by atoms with Crippen LogP contribution in [-0.2, 0) is 4.79 Å². The van der Waals surface area contributed by atoms with Gasteiger partial charge in [0.2, 0.25) is 5.91 Å². The largest absolute Gasteiger partial charge is 0.326 e. The Morgan fingerprint density at radius 1 is 1.52 bits per heavy atom. The molecule has 1 aliphatic heterocycles. The van der Waals surface area contributed by atoms with Gasteiger partial charge < -0.3 is 10.6 Å². The lowest BCUT2D eigenvalue weighted by Gasteiger charge is -2.08. The molecule has 0 spiro atoms. The second kappa shape index (κ2) is 7.20. The molecule has 3 rings (SSSR count). The number of benzene rings is 1. The number of nitrogens with zero attached hydrogens (tertiary/aromatic N) is 1. The van der Waals surface area contributed by atoms with Crippen LogP contribution < -0.4 is 10.6 Å². The zero-order chi connectivity index (χ0) is 13.9. The number of carbonyl (C=O) groups is 1. The number of carbonyl (C=O) groups excluding carboxylic acids is 1. The molecule has 0 radical (unpaired) electrons. The average molecular weight is 326 g/mol. The third-order valence-corrected chi connectivity index (χ3v) is 4.65. The Hall–Kier alpha value is -1.17. The minimum atomic E-state index is 0. The van der Waals surface area contributed by atoms with Gasteiger partial charge in [-0.2, -0.15) is 0 Å². The molecule has 1 unspecified atom stereocenters. The fraction of sp³-hybridized carbons (Fsp3) is 0.467. The normalized spacial score (nSPS) is 17.7. The minimum absolute atomic E-state index is 0. The standard InChI is InChI=1S/C15H19N3OS.ClH/c1-10-17-13-4-3-12(8-14(13)20-10)18-15(19)5-2-11-6-7-16-9-11;/h3-4,8,11,16H,2,5-7,9H2,1H3,(H,18,19);1H. The van der Waals surface area contributed by atoms with Crippen LogP contribution in [0.1, 0.15) is 24.3 Å². The second-order valence-electron chi connectivity index (χ2n) is 5.36. The predicted octanol–water partition coefficient (Wildman–Crippen LogP) is 3.35. The van der Waals surface area contributed by atoms with Gasteiger partial charge in [0.15, 0.2) is 0 Å². The molecular weight excluding hydrogens is 306 g/mol. The van der Waals surface area contributed by atoms with Gasteiger partial charge in [-0.3, -0.25) is 4.79 Å². The lowest BCUT2D eigenvalue weighted by atomic mass is 10.0. The van der Waals surface area contributed by atoms with Crippen molar-refractivity contribution in [1.82, 2.24) is 10.3 Å². The van der Waals surface area contributed by atoms with Crippen LogP contribution in [0, 0.1) is 12.8 Å². The summed E-state index contributed by atoms with van der Waals surface area (Å²) in [6.07, 6.45) is 2.77. The van der Waals surface area contributed by atoms with Gasteiger partial charge in [-0.1, -0.05) is 0 Å². The van der Waals surface area contributed by atoms with E-state index < -0.39 is 0 Å². The van der Waals surface area contributed by atoms with Crippen LogP contribution in [-0.4, -0.2) is 24.0 Å². The number of amides is 1. The van der Waals surface area contributed by atoms with Gasteiger partial charge in [0.1, 0.15) is 0 Å². The van der Waals surface area contributed by atoms with Crippen LogP contribution in [0.15, 0.2) is 18.2 Å². The van der Waals surface area contributed by atoms with Gasteiger partial charge in [0.25, 0.3) is 0 Å². The van der Waals surface area contributed by atoms with E-state index in [1.54, 1.807) is 11.3 Å². The van der Waals surface area contributed by atoms with Gasteiger partial charge in [-0.15, -0.1) is 23.7 Å². The molecular formula is C15H20ClN3OS. The van der Waals surface area contributed by atoms with Gasteiger partial charge in [0.05, 0.1) is 15.2 Å². The molecule has 1 aromatic heterocycles. The first-order valence-electron chi connectivity index (χ1n) is 7.08.